The van der Waals surface area contributed by atoms with E-state index in [1.54, 1.807) is 7.11 Å². The maximum absolute atomic E-state index is 5.42. The van der Waals surface area contributed by atoms with Crippen molar-refractivity contribution in [2.75, 3.05) is 13.7 Å². The van der Waals surface area contributed by atoms with Gasteiger partial charge in [0.15, 0.2) is 0 Å². The van der Waals surface area contributed by atoms with Gasteiger partial charge in [0.05, 0.1) is 7.11 Å². The molecule has 0 N–H and O–H groups in total. The Morgan fingerprint density at radius 2 is 2.11 bits per heavy atom. The lowest BCUT2D eigenvalue weighted by molar-refractivity contribution is 0.200. The molecule has 0 radical (unpaired) electrons. The van der Waals surface area contributed by atoms with Crippen LogP contribution in [0.3, 0.4) is 0 Å². The number of para-hydroxylation sites is 1. The molecule has 1 heterocycles. The van der Waals surface area contributed by atoms with E-state index in [-0.39, 0.29) is 12.4 Å². The second-order valence-electron chi connectivity index (χ2n) is 5.09. The van der Waals surface area contributed by atoms with E-state index in [4.69, 9.17) is 4.74 Å². The van der Waals surface area contributed by atoms with E-state index in [0.717, 1.165) is 18.2 Å². The molecule has 1 aromatic rings. The number of hydrogen-bond acceptors (Lipinski definition) is 2. The molecular weight excluding hydrogens is 246 g/mol. The van der Waals surface area contributed by atoms with Gasteiger partial charge in [-0.15, -0.1) is 12.4 Å². The van der Waals surface area contributed by atoms with Crippen LogP contribution in [0.5, 0.6) is 5.75 Å². The number of halogens is 1. The third-order valence-corrected chi connectivity index (χ3v) is 3.88. The maximum atomic E-state index is 5.42. The Kier molecular flexibility index (Phi) is 5.97. The molecule has 1 saturated heterocycles. The predicted octanol–water partition coefficient (Wildman–Crippen LogP) is 3.53. The van der Waals surface area contributed by atoms with Gasteiger partial charge in [-0.3, -0.25) is 4.90 Å². The van der Waals surface area contributed by atoms with Crippen LogP contribution in [-0.2, 0) is 6.42 Å². The second-order valence-corrected chi connectivity index (χ2v) is 5.09. The first-order valence-electron chi connectivity index (χ1n) is 6.60. The Morgan fingerprint density at radius 3 is 2.72 bits per heavy atom. The first-order chi connectivity index (χ1) is 8.22. The van der Waals surface area contributed by atoms with E-state index >= 15 is 0 Å². The van der Waals surface area contributed by atoms with Gasteiger partial charge in [0.2, 0.25) is 0 Å². The molecule has 2 nitrogen and oxygen atoms in total. The van der Waals surface area contributed by atoms with Gasteiger partial charge < -0.3 is 4.74 Å². The summed E-state index contributed by atoms with van der Waals surface area (Å²) < 4.78 is 5.42. The largest absolute Gasteiger partial charge is 0.496 e. The highest BCUT2D eigenvalue weighted by Gasteiger charge is 2.25. The summed E-state index contributed by atoms with van der Waals surface area (Å²) in [6, 6.07) is 9.69. The van der Waals surface area contributed by atoms with Gasteiger partial charge in [-0.05, 0) is 51.3 Å². The molecule has 3 heteroatoms. The van der Waals surface area contributed by atoms with Gasteiger partial charge in [0.25, 0.3) is 0 Å². The smallest absolute Gasteiger partial charge is 0.122 e. The van der Waals surface area contributed by atoms with Crippen molar-refractivity contribution in [2.45, 2.75) is 45.2 Å². The van der Waals surface area contributed by atoms with E-state index < -0.39 is 0 Å². The van der Waals surface area contributed by atoms with Crippen molar-refractivity contribution in [3.63, 3.8) is 0 Å². The Hall–Kier alpha value is -0.730. The summed E-state index contributed by atoms with van der Waals surface area (Å²) in [6.07, 6.45) is 3.77. The minimum absolute atomic E-state index is 0. The molecule has 2 unspecified atom stereocenters. The number of nitrogens with zero attached hydrogens (tertiary/aromatic N) is 1. The molecule has 0 saturated carbocycles. The lowest BCUT2D eigenvalue weighted by Gasteiger charge is -2.29. The van der Waals surface area contributed by atoms with Gasteiger partial charge in [0, 0.05) is 12.1 Å². The molecule has 0 bridgehead atoms. The number of ether oxygens (including phenoxy) is 1. The van der Waals surface area contributed by atoms with Crippen LogP contribution in [0.2, 0.25) is 0 Å². The number of benzene rings is 1. The number of methoxy groups -OCH3 is 1. The van der Waals surface area contributed by atoms with Crippen molar-refractivity contribution >= 4 is 12.4 Å². The zero-order chi connectivity index (χ0) is 12.3. The number of hydrogen-bond donors (Lipinski definition) is 0. The summed E-state index contributed by atoms with van der Waals surface area (Å²) >= 11 is 0. The number of likely N-dealkylation sites (tertiary alicyclic amines) is 1. The van der Waals surface area contributed by atoms with Crippen LogP contribution in [-0.4, -0.2) is 30.6 Å². The first kappa shape index (κ1) is 15.3. The summed E-state index contributed by atoms with van der Waals surface area (Å²) in [7, 11) is 1.75. The zero-order valence-electron chi connectivity index (χ0n) is 11.6. The molecule has 2 atom stereocenters. The van der Waals surface area contributed by atoms with Crippen LogP contribution in [0.4, 0.5) is 0 Å². The van der Waals surface area contributed by atoms with Crippen LogP contribution in [0.1, 0.15) is 32.3 Å². The van der Waals surface area contributed by atoms with E-state index in [1.165, 1.54) is 24.9 Å². The van der Waals surface area contributed by atoms with Gasteiger partial charge in [-0.2, -0.15) is 0 Å². The second kappa shape index (κ2) is 7.01. The Labute approximate surface area is 117 Å². The van der Waals surface area contributed by atoms with Crippen LogP contribution in [0.25, 0.3) is 0 Å². The average molecular weight is 270 g/mol. The van der Waals surface area contributed by atoms with Crippen molar-refractivity contribution in [1.29, 1.82) is 0 Å². The van der Waals surface area contributed by atoms with Crippen LogP contribution >= 0.6 is 12.4 Å². The molecule has 0 spiro atoms. The molecule has 18 heavy (non-hydrogen) atoms. The lowest BCUT2D eigenvalue weighted by atomic mass is 10.0. The third-order valence-electron chi connectivity index (χ3n) is 3.88. The summed E-state index contributed by atoms with van der Waals surface area (Å²) in [5.41, 5.74) is 1.32. The zero-order valence-corrected chi connectivity index (χ0v) is 12.4. The van der Waals surface area contributed by atoms with Crippen molar-refractivity contribution in [1.82, 2.24) is 4.90 Å². The average Bonchev–Trinajstić information content (AvgIpc) is 2.76. The van der Waals surface area contributed by atoms with E-state index in [9.17, 15) is 0 Å². The van der Waals surface area contributed by atoms with Gasteiger partial charge in [0.1, 0.15) is 5.75 Å². The third kappa shape index (κ3) is 3.39. The highest BCUT2D eigenvalue weighted by Crippen LogP contribution is 2.24. The summed E-state index contributed by atoms with van der Waals surface area (Å²) in [5.74, 6) is 1.02. The van der Waals surface area contributed by atoms with Gasteiger partial charge in [-0.1, -0.05) is 18.2 Å². The van der Waals surface area contributed by atoms with Crippen molar-refractivity contribution < 1.29 is 4.74 Å². The maximum Gasteiger partial charge on any atom is 0.122 e. The molecule has 0 amide bonds. The topological polar surface area (TPSA) is 12.5 Å². The molecule has 0 aliphatic carbocycles. The minimum atomic E-state index is 0. The van der Waals surface area contributed by atoms with Crippen molar-refractivity contribution in [3.05, 3.63) is 29.8 Å². The van der Waals surface area contributed by atoms with Crippen molar-refractivity contribution in [2.24, 2.45) is 0 Å². The van der Waals surface area contributed by atoms with Crippen LogP contribution in [0, 0.1) is 0 Å². The highest BCUT2D eigenvalue weighted by atomic mass is 35.5. The van der Waals surface area contributed by atoms with Gasteiger partial charge in [-0.25, -0.2) is 0 Å². The van der Waals surface area contributed by atoms with Gasteiger partial charge >= 0.3 is 0 Å². The Bertz CT molecular complexity index is 369. The Balaban J connectivity index is 0.00000162. The molecule has 0 aromatic heterocycles. The van der Waals surface area contributed by atoms with Crippen LogP contribution < -0.4 is 4.74 Å². The molecule has 102 valence electrons. The van der Waals surface area contributed by atoms with E-state index in [2.05, 4.69) is 36.9 Å². The normalized spacial score (nSPS) is 21.4. The molecular formula is C15H24ClNO. The highest BCUT2D eigenvalue weighted by molar-refractivity contribution is 5.85. The molecule has 2 rings (SSSR count). The summed E-state index contributed by atoms with van der Waals surface area (Å²) in [4.78, 5) is 2.62. The quantitative estimate of drug-likeness (QED) is 0.829. The van der Waals surface area contributed by atoms with Crippen molar-refractivity contribution in [3.8, 4) is 5.75 Å². The summed E-state index contributed by atoms with van der Waals surface area (Å²) in [5, 5.41) is 0. The molecule has 1 aromatic carbocycles. The van der Waals surface area contributed by atoms with Crippen LogP contribution in [0.15, 0.2) is 24.3 Å². The van der Waals surface area contributed by atoms with E-state index in [0.29, 0.717) is 6.04 Å². The standard InChI is InChI=1S/C15H23NO.ClH/c1-12-7-6-10-16(12)13(2)11-14-8-4-5-9-15(14)17-3;/h4-5,8-9,12-13H,6-7,10-11H2,1-3H3;1H. The SMILES string of the molecule is COc1ccccc1CC(C)N1CCCC1C.Cl. The fourth-order valence-electron chi connectivity index (χ4n) is 2.92. The molecule has 1 aliphatic heterocycles. The molecule has 1 fully saturated rings. The fraction of sp³-hybridized carbons (Fsp3) is 0.600. The molecule has 1 aliphatic rings. The fourth-order valence-corrected chi connectivity index (χ4v) is 2.92. The lowest BCUT2D eigenvalue weighted by Crippen LogP contribution is -2.37. The van der Waals surface area contributed by atoms with E-state index in [1.807, 2.05) is 6.07 Å². The minimum Gasteiger partial charge on any atom is -0.496 e. The Morgan fingerprint density at radius 1 is 1.39 bits per heavy atom. The summed E-state index contributed by atoms with van der Waals surface area (Å²) in [6.45, 7) is 5.91. The monoisotopic (exact) mass is 269 g/mol. The first-order valence-corrected chi connectivity index (χ1v) is 6.60. The number of rotatable bonds is 4. The predicted molar refractivity (Wildman–Crippen MR) is 78.8 cm³/mol.